The van der Waals surface area contributed by atoms with Crippen LogP contribution in [-0.4, -0.2) is 61.4 Å². The van der Waals surface area contributed by atoms with Gasteiger partial charge in [0.25, 0.3) is 0 Å². The summed E-state index contributed by atoms with van der Waals surface area (Å²) in [6.07, 6.45) is -0.877. The topological polar surface area (TPSA) is 59.2 Å². The number of aromatic nitrogens is 4. The van der Waals surface area contributed by atoms with Crippen molar-refractivity contribution >= 4 is 21.8 Å². The van der Waals surface area contributed by atoms with Crippen LogP contribution in [0.15, 0.2) is 10.7 Å². The third-order valence-corrected chi connectivity index (χ3v) is 7.08. The lowest BCUT2D eigenvalue weighted by atomic mass is 10.2. The highest BCUT2D eigenvalue weighted by atomic mass is 79.9. The summed E-state index contributed by atoms with van der Waals surface area (Å²) in [6, 6.07) is -0.783. The molecule has 1 amide bonds. The second-order valence-electron chi connectivity index (χ2n) is 8.64. The van der Waals surface area contributed by atoms with Gasteiger partial charge in [0.1, 0.15) is 6.04 Å². The number of piperazine rings is 1. The lowest BCUT2D eigenvalue weighted by Crippen LogP contribution is -2.50. The number of hydrogen-bond acceptors (Lipinski definition) is 4. The quantitative estimate of drug-likeness (QED) is 0.582. The van der Waals surface area contributed by atoms with Crippen LogP contribution < -0.4 is 0 Å². The van der Waals surface area contributed by atoms with Crippen molar-refractivity contribution < 1.29 is 18.0 Å². The molecule has 2 aliphatic rings. The molecule has 1 aliphatic carbocycles. The predicted octanol–water partition coefficient (Wildman–Crippen LogP) is 3.97. The van der Waals surface area contributed by atoms with Crippen molar-refractivity contribution in [2.45, 2.75) is 64.8 Å². The van der Waals surface area contributed by atoms with E-state index < -0.39 is 17.9 Å². The zero-order valence-corrected chi connectivity index (χ0v) is 20.1. The maximum absolute atomic E-state index is 13.4. The van der Waals surface area contributed by atoms with E-state index in [0.29, 0.717) is 31.9 Å². The zero-order chi connectivity index (χ0) is 23.2. The van der Waals surface area contributed by atoms with E-state index in [1.54, 1.807) is 11.8 Å². The van der Waals surface area contributed by atoms with Crippen LogP contribution in [0.3, 0.4) is 0 Å². The summed E-state index contributed by atoms with van der Waals surface area (Å²) in [5, 5.41) is 8.31. The Bertz CT molecular complexity index is 989. The summed E-state index contributed by atoms with van der Waals surface area (Å²) in [6.45, 7) is 9.78. The molecule has 176 valence electrons. The lowest BCUT2D eigenvalue weighted by molar-refractivity contribution is -0.143. The normalized spacial score (nSPS) is 18.9. The highest BCUT2D eigenvalue weighted by molar-refractivity contribution is 9.10. The maximum atomic E-state index is 13.4. The van der Waals surface area contributed by atoms with Gasteiger partial charge < -0.3 is 4.90 Å². The van der Waals surface area contributed by atoms with Crippen LogP contribution >= 0.6 is 15.9 Å². The van der Waals surface area contributed by atoms with Crippen molar-refractivity contribution in [2.24, 2.45) is 0 Å². The molecule has 0 spiro atoms. The van der Waals surface area contributed by atoms with Gasteiger partial charge in [0.15, 0.2) is 5.69 Å². The largest absolute Gasteiger partial charge is 0.436 e. The average molecular weight is 517 g/mol. The molecule has 1 saturated heterocycles. The molecular weight excluding hydrogens is 489 g/mol. The summed E-state index contributed by atoms with van der Waals surface area (Å²) < 4.78 is 43.4. The van der Waals surface area contributed by atoms with E-state index in [9.17, 15) is 18.0 Å². The fourth-order valence-electron chi connectivity index (χ4n) is 4.24. The monoisotopic (exact) mass is 516 g/mol. The minimum Gasteiger partial charge on any atom is -0.338 e. The van der Waals surface area contributed by atoms with Gasteiger partial charge in [-0.2, -0.15) is 23.4 Å². The SMILES string of the molecule is CCn1cc(CN2CCN(C(=O)C(C)n3nc(C(F)(F)F)c(Br)c3C3CC3)CC2)c(C)n1. The Morgan fingerprint density at radius 2 is 1.88 bits per heavy atom. The number of rotatable bonds is 6. The molecule has 0 aromatic carbocycles. The first kappa shape index (κ1) is 23.3. The van der Waals surface area contributed by atoms with Gasteiger partial charge >= 0.3 is 6.18 Å². The van der Waals surface area contributed by atoms with Crippen LogP contribution in [-0.2, 0) is 24.1 Å². The van der Waals surface area contributed by atoms with E-state index in [-0.39, 0.29) is 16.3 Å². The average Bonchev–Trinajstić information content (AvgIpc) is 3.43. The van der Waals surface area contributed by atoms with Gasteiger partial charge in [0.05, 0.1) is 15.9 Å². The van der Waals surface area contributed by atoms with Crippen LogP contribution in [0.1, 0.15) is 61.3 Å². The highest BCUT2D eigenvalue weighted by Gasteiger charge is 2.43. The van der Waals surface area contributed by atoms with Gasteiger partial charge in [0, 0.05) is 56.9 Å². The summed E-state index contributed by atoms with van der Waals surface area (Å²) in [5.41, 5.74) is 1.72. The van der Waals surface area contributed by atoms with E-state index in [0.717, 1.165) is 31.6 Å². The van der Waals surface area contributed by atoms with Crippen LogP contribution in [0.25, 0.3) is 0 Å². The fraction of sp³-hybridized carbons (Fsp3) is 0.667. The fourth-order valence-corrected chi connectivity index (χ4v) is 5.05. The summed E-state index contributed by atoms with van der Waals surface area (Å²) in [5.74, 6) is -0.169. The van der Waals surface area contributed by atoms with Gasteiger partial charge in [-0.25, -0.2) is 0 Å². The summed E-state index contributed by atoms with van der Waals surface area (Å²) in [7, 11) is 0. The van der Waals surface area contributed by atoms with Crippen LogP contribution in [0.4, 0.5) is 13.2 Å². The van der Waals surface area contributed by atoms with Crippen molar-refractivity contribution in [1.82, 2.24) is 29.4 Å². The third-order valence-electron chi connectivity index (χ3n) is 6.29. The number of amides is 1. The van der Waals surface area contributed by atoms with Crippen molar-refractivity contribution in [3.63, 3.8) is 0 Å². The maximum Gasteiger partial charge on any atom is 0.436 e. The number of halogens is 4. The molecule has 1 atom stereocenters. The Labute approximate surface area is 193 Å². The van der Waals surface area contributed by atoms with Crippen LogP contribution in [0.2, 0.25) is 0 Å². The van der Waals surface area contributed by atoms with Gasteiger partial charge in [-0.3, -0.25) is 19.1 Å². The first-order valence-electron chi connectivity index (χ1n) is 11.0. The molecule has 7 nitrogen and oxygen atoms in total. The number of hydrogen-bond donors (Lipinski definition) is 0. The Morgan fingerprint density at radius 1 is 1.22 bits per heavy atom. The standard InChI is InChI=1S/C21H28BrF3N6O/c1-4-30-12-16(13(2)26-30)11-28-7-9-29(10-8-28)20(32)14(3)31-18(15-5-6-15)17(22)19(27-31)21(23,24)25/h12,14-15H,4-11H2,1-3H3. The molecule has 2 aromatic heterocycles. The first-order chi connectivity index (χ1) is 15.1. The van der Waals surface area contributed by atoms with E-state index in [1.807, 2.05) is 18.5 Å². The molecular formula is C21H28BrF3N6O. The lowest BCUT2D eigenvalue weighted by Gasteiger charge is -2.36. The molecule has 3 heterocycles. The van der Waals surface area contributed by atoms with Crippen molar-refractivity contribution in [1.29, 1.82) is 0 Å². The minimum absolute atomic E-state index is 0.0207. The molecule has 1 saturated carbocycles. The first-order valence-corrected chi connectivity index (χ1v) is 11.8. The molecule has 0 radical (unpaired) electrons. The van der Waals surface area contributed by atoms with Gasteiger partial charge in [-0.1, -0.05) is 0 Å². The number of alkyl halides is 3. The minimum atomic E-state index is -4.56. The molecule has 32 heavy (non-hydrogen) atoms. The van der Waals surface area contributed by atoms with Crippen LogP contribution in [0.5, 0.6) is 0 Å². The highest BCUT2D eigenvalue weighted by Crippen LogP contribution is 2.47. The second kappa shape index (κ2) is 8.81. The van der Waals surface area contributed by atoms with Gasteiger partial charge in [-0.15, -0.1) is 0 Å². The smallest absolute Gasteiger partial charge is 0.338 e. The Hall–Kier alpha value is -1.88. The Balaban J connectivity index is 1.43. The number of nitrogens with zero attached hydrogens (tertiary/aromatic N) is 6. The van der Waals surface area contributed by atoms with Crippen molar-refractivity contribution in [3.8, 4) is 0 Å². The zero-order valence-electron chi connectivity index (χ0n) is 18.5. The number of carbonyl (C=O) groups excluding carboxylic acids is 1. The van der Waals surface area contributed by atoms with Crippen molar-refractivity contribution in [3.05, 3.63) is 33.3 Å². The summed E-state index contributed by atoms with van der Waals surface area (Å²) in [4.78, 5) is 17.2. The van der Waals surface area contributed by atoms with Gasteiger partial charge in [0.2, 0.25) is 5.91 Å². The molecule has 11 heteroatoms. The number of aryl methyl sites for hydroxylation is 2. The number of carbonyl (C=O) groups is 1. The molecule has 2 fully saturated rings. The molecule has 1 aliphatic heterocycles. The molecule has 0 bridgehead atoms. The third kappa shape index (κ3) is 4.59. The summed E-state index contributed by atoms with van der Waals surface area (Å²) >= 11 is 3.10. The molecule has 1 unspecified atom stereocenters. The Morgan fingerprint density at radius 3 is 2.41 bits per heavy atom. The molecule has 4 rings (SSSR count). The van der Waals surface area contributed by atoms with E-state index in [1.165, 1.54) is 10.2 Å². The van der Waals surface area contributed by atoms with Crippen LogP contribution in [0, 0.1) is 6.92 Å². The molecule has 0 N–H and O–H groups in total. The predicted molar refractivity (Wildman–Crippen MR) is 116 cm³/mol. The second-order valence-corrected chi connectivity index (χ2v) is 9.43. The van der Waals surface area contributed by atoms with Gasteiger partial charge in [-0.05, 0) is 49.5 Å². The van der Waals surface area contributed by atoms with E-state index >= 15 is 0 Å². The molecule has 2 aromatic rings. The van der Waals surface area contributed by atoms with E-state index in [2.05, 4.69) is 37.2 Å². The van der Waals surface area contributed by atoms with Crippen molar-refractivity contribution in [2.75, 3.05) is 26.2 Å². The Kier molecular flexibility index (Phi) is 6.41. The van der Waals surface area contributed by atoms with E-state index in [4.69, 9.17) is 0 Å².